The van der Waals surface area contributed by atoms with Gasteiger partial charge in [-0.15, -0.1) is 0 Å². The van der Waals surface area contributed by atoms with Crippen LogP contribution in [0.3, 0.4) is 0 Å². The summed E-state index contributed by atoms with van der Waals surface area (Å²) >= 11 is 1.53. The summed E-state index contributed by atoms with van der Waals surface area (Å²) < 4.78 is 25.1. The number of likely N-dealkylation sites (tertiary alicyclic amines) is 1. The van der Waals surface area contributed by atoms with Gasteiger partial charge in [0.1, 0.15) is 0 Å². The third-order valence-corrected chi connectivity index (χ3v) is 8.78. The Morgan fingerprint density at radius 3 is 2.18 bits per heavy atom. The molecular formula is C20H24N2O4S2. The number of sulfone groups is 1. The first-order chi connectivity index (χ1) is 13.4. The van der Waals surface area contributed by atoms with Crippen molar-refractivity contribution in [2.24, 2.45) is 0 Å². The van der Waals surface area contributed by atoms with Crippen molar-refractivity contribution in [2.75, 3.05) is 19.6 Å². The van der Waals surface area contributed by atoms with Gasteiger partial charge in [-0.2, -0.15) is 0 Å². The Labute approximate surface area is 169 Å². The van der Waals surface area contributed by atoms with E-state index >= 15 is 0 Å². The Hall–Kier alpha value is -1.87. The van der Waals surface area contributed by atoms with Gasteiger partial charge in [0.25, 0.3) is 5.91 Å². The van der Waals surface area contributed by atoms with Crippen LogP contribution in [0.4, 0.5) is 0 Å². The average Bonchev–Trinajstić information content (AvgIpc) is 2.74. The first kappa shape index (κ1) is 20.9. The van der Waals surface area contributed by atoms with Gasteiger partial charge in [-0.25, -0.2) is 13.9 Å². The summed E-state index contributed by atoms with van der Waals surface area (Å²) in [5.74, 6) is -0.856. The number of piperidine rings is 1. The second-order valence-electron chi connectivity index (χ2n) is 6.76. The summed E-state index contributed by atoms with van der Waals surface area (Å²) in [4.78, 5) is 16.6. The maximum Gasteiger partial charge on any atom is 0.265 e. The number of carbonyl (C=O) groups excluding carboxylic acids is 1. The van der Waals surface area contributed by atoms with Crippen molar-refractivity contribution in [3.05, 3.63) is 54.6 Å². The fourth-order valence-electron chi connectivity index (χ4n) is 3.49. The number of rotatable bonds is 6. The molecule has 1 aliphatic rings. The zero-order valence-electron chi connectivity index (χ0n) is 15.7. The second-order valence-corrected chi connectivity index (χ2v) is 10.2. The van der Waals surface area contributed by atoms with Gasteiger partial charge in [0, 0.05) is 22.9 Å². The Bertz CT molecular complexity index is 907. The summed E-state index contributed by atoms with van der Waals surface area (Å²) in [7, 11) is -3.96. The van der Waals surface area contributed by atoms with Gasteiger partial charge < -0.3 is 4.90 Å². The van der Waals surface area contributed by atoms with Gasteiger partial charge in [0.2, 0.25) is 0 Å². The molecule has 0 atom stereocenters. The van der Waals surface area contributed by atoms with E-state index in [0.29, 0.717) is 13.1 Å². The van der Waals surface area contributed by atoms with E-state index in [4.69, 9.17) is 0 Å². The molecule has 0 aromatic heterocycles. The predicted octanol–water partition coefficient (Wildman–Crippen LogP) is 2.97. The molecule has 8 heteroatoms. The SMILES string of the molecule is CCN1CCC(C(=O)NO)(S(=O)(=O)c2ccc(Sc3ccccc3)cc2)CC1. The molecule has 1 fully saturated rings. The first-order valence-electron chi connectivity index (χ1n) is 9.17. The van der Waals surface area contributed by atoms with Crippen molar-refractivity contribution in [1.82, 2.24) is 10.4 Å². The van der Waals surface area contributed by atoms with Crippen LogP contribution in [0.2, 0.25) is 0 Å². The Balaban J connectivity index is 1.88. The number of nitrogens with zero attached hydrogens (tertiary/aromatic N) is 1. The number of carbonyl (C=O) groups is 1. The minimum absolute atomic E-state index is 0.0958. The highest BCUT2D eigenvalue weighted by Gasteiger charge is 2.52. The molecule has 1 saturated heterocycles. The van der Waals surface area contributed by atoms with E-state index in [2.05, 4.69) is 4.90 Å². The van der Waals surface area contributed by atoms with Gasteiger partial charge in [0.05, 0.1) is 4.90 Å². The molecule has 0 spiro atoms. The third-order valence-electron chi connectivity index (χ3n) is 5.25. The van der Waals surface area contributed by atoms with E-state index < -0.39 is 20.5 Å². The molecule has 1 amide bonds. The third kappa shape index (κ3) is 3.96. The molecule has 1 aliphatic heterocycles. The Kier molecular flexibility index (Phi) is 6.44. The number of hydrogen-bond acceptors (Lipinski definition) is 6. The van der Waals surface area contributed by atoms with Crippen LogP contribution in [-0.2, 0) is 14.6 Å². The van der Waals surface area contributed by atoms with Crippen LogP contribution < -0.4 is 5.48 Å². The van der Waals surface area contributed by atoms with E-state index in [1.165, 1.54) is 11.8 Å². The second kappa shape index (κ2) is 8.65. The Morgan fingerprint density at radius 1 is 1.07 bits per heavy atom. The van der Waals surface area contributed by atoms with Gasteiger partial charge in [0.15, 0.2) is 14.6 Å². The van der Waals surface area contributed by atoms with Crippen LogP contribution in [0.25, 0.3) is 0 Å². The Morgan fingerprint density at radius 2 is 1.64 bits per heavy atom. The number of hydrogen-bond donors (Lipinski definition) is 2. The van der Waals surface area contributed by atoms with E-state index in [9.17, 15) is 18.4 Å². The predicted molar refractivity (Wildman–Crippen MR) is 108 cm³/mol. The summed E-state index contributed by atoms with van der Waals surface area (Å²) in [5.41, 5.74) is 1.59. The smallest absolute Gasteiger partial charge is 0.265 e. The lowest BCUT2D eigenvalue weighted by Gasteiger charge is -2.39. The fraction of sp³-hybridized carbons (Fsp3) is 0.350. The van der Waals surface area contributed by atoms with E-state index in [1.807, 2.05) is 37.3 Å². The molecular weight excluding hydrogens is 396 g/mol. The molecule has 6 nitrogen and oxygen atoms in total. The van der Waals surface area contributed by atoms with Crippen LogP contribution in [0.1, 0.15) is 19.8 Å². The zero-order valence-corrected chi connectivity index (χ0v) is 17.3. The molecule has 2 N–H and O–H groups in total. The molecule has 0 saturated carbocycles. The quantitative estimate of drug-likeness (QED) is 0.552. The zero-order chi connectivity index (χ0) is 20.2. The minimum Gasteiger partial charge on any atom is -0.303 e. The van der Waals surface area contributed by atoms with Crippen molar-refractivity contribution in [3.8, 4) is 0 Å². The molecule has 3 rings (SSSR count). The highest BCUT2D eigenvalue weighted by Crippen LogP contribution is 2.37. The first-order valence-corrected chi connectivity index (χ1v) is 11.5. The number of amides is 1. The van der Waals surface area contributed by atoms with Crippen molar-refractivity contribution in [1.29, 1.82) is 0 Å². The highest BCUT2D eigenvalue weighted by atomic mass is 32.2. The monoisotopic (exact) mass is 420 g/mol. The van der Waals surface area contributed by atoms with Crippen LogP contribution >= 0.6 is 11.8 Å². The maximum absolute atomic E-state index is 13.4. The average molecular weight is 421 g/mol. The molecule has 0 radical (unpaired) electrons. The molecule has 150 valence electrons. The van der Waals surface area contributed by atoms with E-state index in [-0.39, 0.29) is 17.7 Å². The van der Waals surface area contributed by atoms with Crippen molar-refractivity contribution >= 4 is 27.5 Å². The molecule has 2 aromatic rings. The van der Waals surface area contributed by atoms with Gasteiger partial charge in [-0.3, -0.25) is 10.0 Å². The van der Waals surface area contributed by atoms with Crippen LogP contribution in [0.15, 0.2) is 69.3 Å². The summed E-state index contributed by atoms with van der Waals surface area (Å²) in [6.07, 6.45) is 0.298. The molecule has 0 unspecified atom stereocenters. The fourth-order valence-corrected chi connectivity index (χ4v) is 6.28. The molecule has 28 heavy (non-hydrogen) atoms. The summed E-state index contributed by atoms with van der Waals surface area (Å²) in [6, 6.07) is 16.4. The van der Waals surface area contributed by atoms with Crippen LogP contribution in [-0.4, -0.2) is 48.8 Å². The van der Waals surface area contributed by atoms with Crippen LogP contribution in [0.5, 0.6) is 0 Å². The van der Waals surface area contributed by atoms with Crippen molar-refractivity contribution in [2.45, 2.75) is 39.2 Å². The summed E-state index contributed by atoms with van der Waals surface area (Å²) in [5, 5.41) is 9.21. The van der Waals surface area contributed by atoms with E-state index in [1.54, 1.807) is 29.7 Å². The number of nitrogens with one attached hydrogen (secondary N) is 1. The highest BCUT2D eigenvalue weighted by molar-refractivity contribution is 7.99. The molecule has 0 bridgehead atoms. The van der Waals surface area contributed by atoms with Gasteiger partial charge in [-0.05, 0) is 55.8 Å². The number of benzene rings is 2. The minimum atomic E-state index is -3.96. The lowest BCUT2D eigenvalue weighted by molar-refractivity contribution is -0.133. The molecule has 1 heterocycles. The lowest BCUT2D eigenvalue weighted by atomic mass is 9.95. The topological polar surface area (TPSA) is 86.7 Å². The lowest BCUT2D eigenvalue weighted by Crippen LogP contribution is -2.57. The normalized spacial score (nSPS) is 17.2. The molecule has 0 aliphatic carbocycles. The molecule has 2 aromatic carbocycles. The van der Waals surface area contributed by atoms with Crippen molar-refractivity contribution < 1.29 is 18.4 Å². The van der Waals surface area contributed by atoms with Gasteiger partial charge in [-0.1, -0.05) is 36.9 Å². The van der Waals surface area contributed by atoms with E-state index in [0.717, 1.165) is 16.3 Å². The summed E-state index contributed by atoms with van der Waals surface area (Å²) in [6.45, 7) is 3.77. The largest absolute Gasteiger partial charge is 0.303 e. The number of hydroxylamine groups is 1. The standard InChI is InChI=1S/C20H24N2O4S2/c1-2-22-14-12-20(13-15-22,19(23)21-24)28(25,26)18-10-8-17(9-11-18)27-16-6-4-3-5-7-16/h3-11,24H,2,12-15H2,1H3,(H,21,23). The maximum atomic E-state index is 13.4. The van der Waals surface area contributed by atoms with Gasteiger partial charge >= 0.3 is 0 Å². The van der Waals surface area contributed by atoms with Crippen molar-refractivity contribution in [3.63, 3.8) is 0 Å². The van der Waals surface area contributed by atoms with Crippen LogP contribution in [0, 0.1) is 0 Å².